The number of carbonyl (C=O) groups is 2. The fraction of sp³-hybridized carbons (Fsp3) is 0.0667. The number of benzene rings is 2. The molecule has 0 saturated carbocycles. The van der Waals surface area contributed by atoms with Crippen LogP contribution in [0.4, 0.5) is 0 Å². The average molecular weight is 321 g/mol. The van der Waals surface area contributed by atoms with Crippen LogP contribution in [0.15, 0.2) is 18.2 Å². The van der Waals surface area contributed by atoms with E-state index < -0.39 is 29.7 Å². The quantitative estimate of drug-likeness (QED) is 0.543. The molecule has 7 heteroatoms. The van der Waals surface area contributed by atoms with Crippen molar-refractivity contribution in [3.8, 4) is 17.2 Å². The maximum absolute atomic E-state index is 12.5. The number of ketones is 2. The molecule has 3 rings (SSSR count). The molecule has 0 radical (unpaired) electrons. The molecule has 0 fully saturated rings. The zero-order valence-electron chi connectivity index (χ0n) is 10.9. The largest absolute Gasteiger partial charge is 0.508 e. The standard InChI is InChI=1S/C15H9ClO6/c16-13-5(4-17)1-8(19)11-12(13)14(21)7-2-6(18)3-9(20)10(7)15(11)22/h1-3,17-20H,4H2. The van der Waals surface area contributed by atoms with E-state index in [0.717, 1.165) is 18.2 Å². The van der Waals surface area contributed by atoms with Crippen LogP contribution in [-0.2, 0) is 6.61 Å². The Balaban J connectivity index is 2.41. The van der Waals surface area contributed by atoms with Gasteiger partial charge in [0.25, 0.3) is 0 Å². The van der Waals surface area contributed by atoms with Gasteiger partial charge in [-0.25, -0.2) is 0 Å². The number of rotatable bonds is 1. The number of hydrogen-bond acceptors (Lipinski definition) is 6. The van der Waals surface area contributed by atoms with Crippen LogP contribution in [0.1, 0.15) is 37.4 Å². The summed E-state index contributed by atoms with van der Waals surface area (Å²) in [6, 6.07) is 3.06. The van der Waals surface area contributed by atoms with Gasteiger partial charge in [-0.3, -0.25) is 9.59 Å². The molecule has 0 heterocycles. The van der Waals surface area contributed by atoms with Crippen LogP contribution in [-0.4, -0.2) is 32.0 Å². The average Bonchev–Trinajstić information content (AvgIpc) is 2.45. The predicted molar refractivity (Wildman–Crippen MR) is 75.7 cm³/mol. The monoisotopic (exact) mass is 320 g/mol. The summed E-state index contributed by atoms with van der Waals surface area (Å²) in [6.07, 6.45) is 0. The molecule has 112 valence electrons. The molecule has 22 heavy (non-hydrogen) atoms. The fourth-order valence-electron chi connectivity index (χ4n) is 2.55. The van der Waals surface area contributed by atoms with E-state index in [9.17, 15) is 30.0 Å². The molecule has 2 aromatic rings. The van der Waals surface area contributed by atoms with Gasteiger partial charge >= 0.3 is 0 Å². The van der Waals surface area contributed by atoms with Gasteiger partial charge in [0.1, 0.15) is 17.2 Å². The van der Waals surface area contributed by atoms with Crippen molar-refractivity contribution in [3.05, 3.63) is 51.0 Å². The van der Waals surface area contributed by atoms with Crippen molar-refractivity contribution in [1.82, 2.24) is 0 Å². The van der Waals surface area contributed by atoms with Crippen molar-refractivity contribution in [2.45, 2.75) is 6.61 Å². The van der Waals surface area contributed by atoms with E-state index in [1.54, 1.807) is 0 Å². The van der Waals surface area contributed by atoms with Gasteiger partial charge in [-0.1, -0.05) is 11.6 Å². The molecule has 1 aliphatic rings. The molecular weight excluding hydrogens is 312 g/mol. The first-order valence-corrected chi connectivity index (χ1v) is 6.55. The van der Waals surface area contributed by atoms with Gasteiger partial charge in [-0.15, -0.1) is 0 Å². The summed E-state index contributed by atoms with van der Waals surface area (Å²) in [4.78, 5) is 25.0. The normalized spacial score (nSPS) is 13.0. The molecule has 2 aromatic carbocycles. The lowest BCUT2D eigenvalue weighted by Crippen LogP contribution is -2.22. The maximum atomic E-state index is 12.5. The number of phenolic OH excluding ortho intramolecular Hbond substituents is 3. The van der Waals surface area contributed by atoms with Crippen LogP contribution in [0.25, 0.3) is 0 Å². The highest BCUT2D eigenvalue weighted by Crippen LogP contribution is 2.42. The van der Waals surface area contributed by atoms with E-state index in [4.69, 9.17) is 11.6 Å². The lowest BCUT2D eigenvalue weighted by molar-refractivity contribution is 0.0973. The Hall–Kier alpha value is -2.57. The minimum absolute atomic E-state index is 0.0897. The summed E-state index contributed by atoms with van der Waals surface area (Å²) >= 11 is 6.04. The highest BCUT2D eigenvalue weighted by Gasteiger charge is 2.37. The molecule has 0 amide bonds. The van der Waals surface area contributed by atoms with Gasteiger partial charge in [-0.05, 0) is 12.1 Å². The molecule has 1 aliphatic carbocycles. The summed E-state index contributed by atoms with van der Waals surface area (Å²) in [5.41, 5.74) is -1.02. The van der Waals surface area contributed by atoms with Crippen molar-refractivity contribution < 1.29 is 30.0 Å². The molecule has 0 saturated heterocycles. The molecule has 0 spiro atoms. The van der Waals surface area contributed by atoms with Crippen LogP contribution < -0.4 is 0 Å². The van der Waals surface area contributed by atoms with Crippen LogP contribution in [0, 0.1) is 0 Å². The van der Waals surface area contributed by atoms with Crippen LogP contribution in [0.2, 0.25) is 5.02 Å². The van der Waals surface area contributed by atoms with Crippen molar-refractivity contribution in [3.63, 3.8) is 0 Å². The summed E-state index contributed by atoms with van der Waals surface area (Å²) in [5.74, 6) is -2.99. The van der Waals surface area contributed by atoms with Gasteiger partial charge in [0.05, 0.1) is 28.3 Å². The lowest BCUT2D eigenvalue weighted by atomic mass is 9.82. The van der Waals surface area contributed by atoms with Crippen LogP contribution in [0.5, 0.6) is 17.2 Å². The molecular formula is C15H9ClO6. The van der Waals surface area contributed by atoms with E-state index in [-0.39, 0.29) is 38.6 Å². The van der Waals surface area contributed by atoms with E-state index >= 15 is 0 Å². The number of fused-ring (bicyclic) bond motifs is 2. The zero-order chi connectivity index (χ0) is 16.2. The van der Waals surface area contributed by atoms with E-state index in [1.807, 2.05) is 0 Å². The number of carbonyl (C=O) groups excluding carboxylic acids is 2. The van der Waals surface area contributed by atoms with E-state index in [1.165, 1.54) is 0 Å². The third-order valence-corrected chi connectivity index (χ3v) is 3.95. The molecule has 0 unspecified atom stereocenters. The van der Waals surface area contributed by atoms with E-state index in [2.05, 4.69) is 0 Å². The Morgan fingerprint density at radius 3 is 2.14 bits per heavy atom. The first-order valence-electron chi connectivity index (χ1n) is 6.17. The van der Waals surface area contributed by atoms with Crippen molar-refractivity contribution in [2.24, 2.45) is 0 Å². The molecule has 0 atom stereocenters. The molecule has 0 bridgehead atoms. The van der Waals surface area contributed by atoms with Gasteiger partial charge in [-0.2, -0.15) is 0 Å². The molecule has 4 N–H and O–H groups in total. The van der Waals surface area contributed by atoms with Gasteiger partial charge in [0.2, 0.25) is 5.78 Å². The third-order valence-electron chi connectivity index (χ3n) is 3.52. The van der Waals surface area contributed by atoms with Gasteiger partial charge in [0.15, 0.2) is 5.78 Å². The minimum Gasteiger partial charge on any atom is -0.508 e. The Morgan fingerprint density at radius 1 is 0.864 bits per heavy atom. The smallest absolute Gasteiger partial charge is 0.202 e. The summed E-state index contributed by atoms with van der Waals surface area (Å²) in [6.45, 7) is -0.528. The second-order valence-corrected chi connectivity index (χ2v) is 5.20. The highest BCUT2D eigenvalue weighted by atomic mass is 35.5. The van der Waals surface area contributed by atoms with Crippen molar-refractivity contribution in [2.75, 3.05) is 0 Å². The lowest BCUT2D eigenvalue weighted by Gasteiger charge is -2.21. The van der Waals surface area contributed by atoms with Gasteiger partial charge < -0.3 is 20.4 Å². The number of aromatic hydroxyl groups is 3. The molecule has 0 aromatic heterocycles. The number of phenols is 3. The molecule has 6 nitrogen and oxygen atoms in total. The SMILES string of the molecule is O=C1c2c(O)cc(O)cc2C(=O)c2c(Cl)c(CO)cc(O)c21. The van der Waals surface area contributed by atoms with Crippen LogP contribution >= 0.6 is 11.6 Å². The predicted octanol–water partition coefficient (Wildman–Crippen LogP) is 1.72. The van der Waals surface area contributed by atoms with E-state index in [0.29, 0.717) is 0 Å². The summed E-state index contributed by atoms with van der Waals surface area (Å²) < 4.78 is 0. The molecule has 0 aliphatic heterocycles. The summed E-state index contributed by atoms with van der Waals surface area (Å²) in [7, 11) is 0. The number of hydrogen-bond donors (Lipinski definition) is 4. The topological polar surface area (TPSA) is 115 Å². The second kappa shape index (κ2) is 4.72. The Labute approximate surface area is 128 Å². The number of halogens is 1. The highest BCUT2D eigenvalue weighted by molar-refractivity contribution is 6.40. The Morgan fingerprint density at radius 2 is 1.50 bits per heavy atom. The van der Waals surface area contributed by atoms with Crippen molar-refractivity contribution in [1.29, 1.82) is 0 Å². The maximum Gasteiger partial charge on any atom is 0.202 e. The van der Waals surface area contributed by atoms with Crippen molar-refractivity contribution >= 4 is 23.2 Å². The zero-order valence-corrected chi connectivity index (χ0v) is 11.7. The Kier molecular flexibility index (Phi) is 3.09. The second-order valence-electron chi connectivity index (χ2n) is 4.82. The number of aliphatic hydroxyl groups is 1. The first kappa shape index (κ1) is 14.4. The van der Waals surface area contributed by atoms with Gasteiger partial charge in [0, 0.05) is 17.2 Å². The minimum atomic E-state index is -0.786. The first-order chi connectivity index (χ1) is 10.4. The summed E-state index contributed by atoms with van der Waals surface area (Å²) in [5, 5.41) is 38.4. The third kappa shape index (κ3) is 1.78. The fourth-order valence-corrected chi connectivity index (χ4v) is 2.84. The van der Waals surface area contributed by atoms with Crippen LogP contribution in [0.3, 0.4) is 0 Å². The Bertz CT molecular complexity index is 856. The number of aliphatic hydroxyl groups excluding tert-OH is 1.